The van der Waals surface area contributed by atoms with Crippen molar-refractivity contribution in [1.82, 2.24) is 20.7 Å². The number of carbonyl (C=O) groups excluding carboxylic acids is 1. The van der Waals surface area contributed by atoms with E-state index in [2.05, 4.69) is 20.7 Å². The van der Waals surface area contributed by atoms with Crippen molar-refractivity contribution in [2.45, 2.75) is 45.4 Å². The van der Waals surface area contributed by atoms with Gasteiger partial charge in [0.15, 0.2) is 5.69 Å². The molecule has 0 radical (unpaired) electrons. The number of nitrogens with zero attached hydrogens (tertiary/aromatic N) is 2. The summed E-state index contributed by atoms with van der Waals surface area (Å²) in [5, 5.41) is 13.8. The highest BCUT2D eigenvalue weighted by atomic mass is 16.5. The molecule has 2 heterocycles. The van der Waals surface area contributed by atoms with Crippen molar-refractivity contribution in [3.63, 3.8) is 0 Å². The highest BCUT2D eigenvalue weighted by Crippen LogP contribution is 2.24. The second-order valence-corrected chi connectivity index (χ2v) is 5.52. The van der Waals surface area contributed by atoms with Gasteiger partial charge in [-0.05, 0) is 44.6 Å². The maximum Gasteiger partial charge on any atom is 0.273 e. The van der Waals surface area contributed by atoms with E-state index in [4.69, 9.17) is 4.52 Å². The minimum Gasteiger partial charge on any atom is -0.360 e. The third-order valence-electron chi connectivity index (χ3n) is 4.01. The molecule has 21 heavy (non-hydrogen) atoms. The summed E-state index contributed by atoms with van der Waals surface area (Å²) in [5.41, 5.74) is 3.77. The fraction of sp³-hybridized carbons (Fsp3) is 0.533. The molecule has 0 spiro atoms. The van der Waals surface area contributed by atoms with Crippen LogP contribution in [-0.4, -0.2) is 27.8 Å². The summed E-state index contributed by atoms with van der Waals surface area (Å²) >= 11 is 0. The number of carbonyl (C=O) groups is 1. The van der Waals surface area contributed by atoms with Crippen LogP contribution in [0.2, 0.25) is 0 Å². The van der Waals surface area contributed by atoms with E-state index >= 15 is 0 Å². The predicted molar refractivity (Wildman–Crippen MR) is 77.1 cm³/mol. The Bertz CT molecular complexity index is 629. The van der Waals surface area contributed by atoms with Crippen molar-refractivity contribution in [2.75, 3.05) is 6.54 Å². The Morgan fingerprint density at radius 1 is 1.43 bits per heavy atom. The minimum absolute atomic E-state index is 0.120. The molecule has 0 aliphatic heterocycles. The molecular weight excluding hydrogens is 268 g/mol. The van der Waals surface area contributed by atoms with Gasteiger partial charge in [0.05, 0.1) is 6.20 Å². The lowest BCUT2D eigenvalue weighted by Crippen LogP contribution is -2.26. The fourth-order valence-corrected chi connectivity index (χ4v) is 2.76. The summed E-state index contributed by atoms with van der Waals surface area (Å²) in [6.07, 6.45) is 7.64. The van der Waals surface area contributed by atoms with Crippen molar-refractivity contribution in [3.8, 4) is 0 Å². The first-order valence-corrected chi connectivity index (χ1v) is 7.50. The zero-order chi connectivity index (χ0) is 14.7. The quantitative estimate of drug-likeness (QED) is 0.824. The zero-order valence-electron chi connectivity index (χ0n) is 12.2. The van der Waals surface area contributed by atoms with Crippen LogP contribution in [0.4, 0.5) is 0 Å². The first kappa shape index (κ1) is 13.9. The topological polar surface area (TPSA) is 83.8 Å². The summed E-state index contributed by atoms with van der Waals surface area (Å²) in [4.78, 5) is 12.2. The Morgan fingerprint density at radius 2 is 2.29 bits per heavy atom. The number of aryl methyl sites for hydroxylation is 3. The molecule has 0 saturated heterocycles. The summed E-state index contributed by atoms with van der Waals surface area (Å²) < 4.78 is 5.27. The lowest BCUT2D eigenvalue weighted by atomic mass is 9.96. The van der Waals surface area contributed by atoms with Crippen molar-refractivity contribution in [1.29, 1.82) is 0 Å². The molecule has 0 bridgehead atoms. The van der Waals surface area contributed by atoms with Gasteiger partial charge in [-0.2, -0.15) is 5.10 Å². The summed E-state index contributed by atoms with van der Waals surface area (Å²) in [6.45, 7) is 2.63. The molecule has 2 N–H and O–H groups in total. The molecule has 2 aromatic heterocycles. The first-order chi connectivity index (χ1) is 10.3. The molecule has 1 amide bonds. The number of nitrogens with one attached hydrogen (secondary N) is 2. The van der Waals surface area contributed by atoms with Crippen LogP contribution in [0.5, 0.6) is 0 Å². The number of rotatable bonds is 5. The lowest BCUT2D eigenvalue weighted by Gasteiger charge is -2.09. The van der Waals surface area contributed by atoms with Gasteiger partial charge in [-0.15, -0.1) is 0 Å². The molecule has 6 heteroatoms. The van der Waals surface area contributed by atoms with E-state index in [1.165, 1.54) is 5.56 Å². The van der Waals surface area contributed by atoms with Crippen LogP contribution >= 0.6 is 0 Å². The van der Waals surface area contributed by atoms with Gasteiger partial charge in [0, 0.05) is 24.2 Å². The molecule has 1 aliphatic rings. The van der Waals surface area contributed by atoms with E-state index in [1.54, 1.807) is 0 Å². The standard InChI is InChI=1S/C15H20N4O2/c1-10-11(9-17-18-10)5-4-8-16-15(20)14-12-6-2-3-7-13(12)21-19-14/h9H,2-8H2,1H3,(H,16,20)(H,17,18). The van der Waals surface area contributed by atoms with Crippen LogP contribution in [0.1, 0.15) is 52.3 Å². The molecular formula is C15H20N4O2. The number of aromatic nitrogens is 3. The van der Waals surface area contributed by atoms with Crippen LogP contribution in [-0.2, 0) is 19.3 Å². The van der Waals surface area contributed by atoms with E-state index in [0.717, 1.165) is 55.5 Å². The van der Waals surface area contributed by atoms with Gasteiger partial charge < -0.3 is 9.84 Å². The second kappa shape index (κ2) is 6.11. The van der Waals surface area contributed by atoms with E-state index in [-0.39, 0.29) is 5.91 Å². The van der Waals surface area contributed by atoms with Gasteiger partial charge in [-0.1, -0.05) is 5.16 Å². The molecule has 2 aromatic rings. The Kier molecular flexibility index (Phi) is 4.03. The van der Waals surface area contributed by atoms with Crippen molar-refractivity contribution < 1.29 is 9.32 Å². The minimum atomic E-state index is -0.120. The maximum atomic E-state index is 12.2. The van der Waals surface area contributed by atoms with Crippen LogP contribution < -0.4 is 5.32 Å². The van der Waals surface area contributed by atoms with E-state index < -0.39 is 0 Å². The predicted octanol–water partition coefficient (Wildman–Crippen LogP) is 1.95. The van der Waals surface area contributed by atoms with Gasteiger partial charge in [0.25, 0.3) is 5.91 Å². The summed E-state index contributed by atoms with van der Waals surface area (Å²) in [7, 11) is 0. The van der Waals surface area contributed by atoms with Crippen LogP contribution in [0.25, 0.3) is 0 Å². The molecule has 0 aromatic carbocycles. The Balaban J connectivity index is 1.50. The summed E-state index contributed by atoms with van der Waals surface area (Å²) in [6, 6.07) is 0. The maximum absolute atomic E-state index is 12.2. The highest BCUT2D eigenvalue weighted by molar-refractivity contribution is 5.93. The molecule has 0 atom stereocenters. The number of H-pyrrole nitrogens is 1. The number of hydrogen-bond donors (Lipinski definition) is 2. The molecule has 112 valence electrons. The number of amides is 1. The smallest absolute Gasteiger partial charge is 0.273 e. The molecule has 0 saturated carbocycles. The largest absolute Gasteiger partial charge is 0.360 e. The SMILES string of the molecule is Cc1[nH]ncc1CCCNC(=O)c1noc2c1CCCC2. The highest BCUT2D eigenvalue weighted by Gasteiger charge is 2.23. The van der Waals surface area contributed by atoms with E-state index in [9.17, 15) is 4.79 Å². The molecule has 6 nitrogen and oxygen atoms in total. The number of fused-ring (bicyclic) bond motifs is 1. The monoisotopic (exact) mass is 288 g/mol. The molecule has 0 unspecified atom stereocenters. The molecule has 1 aliphatic carbocycles. The first-order valence-electron chi connectivity index (χ1n) is 7.50. The van der Waals surface area contributed by atoms with Gasteiger partial charge in [0.2, 0.25) is 0 Å². The Morgan fingerprint density at radius 3 is 3.10 bits per heavy atom. The van der Waals surface area contributed by atoms with Gasteiger partial charge in [-0.25, -0.2) is 0 Å². The van der Waals surface area contributed by atoms with Crippen LogP contribution in [0.15, 0.2) is 10.7 Å². The molecule has 3 rings (SSSR count). The van der Waals surface area contributed by atoms with E-state index in [1.807, 2.05) is 13.1 Å². The third-order valence-corrected chi connectivity index (χ3v) is 4.01. The van der Waals surface area contributed by atoms with Crippen molar-refractivity contribution in [3.05, 3.63) is 34.5 Å². The van der Waals surface area contributed by atoms with Crippen LogP contribution in [0.3, 0.4) is 0 Å². The Labute approximate surface area is 123 Å². The van der Waals surface area contributed by atoms with Gasteiger partial charge in [0.1, 0.15) is 5.76 Å². The van der Waals surface area contributed by atoms with E-state index in [0.29, 0.717) is 12.2 Å². The number of hydrogen-bond acceptors (Lipinski definition) is 4. The van der Waals surface area contributed by atoms with Gasteiger partial charge >= 0.3 is 0 Å². The summed E-state index contributed by atoms with van der Waals surface area (Å²) in [5.74, 6) is 0.770. The fourth-order valence-electron chi connectivity index (χ4n) is 2.76. The zero-order valence-corrected chi connectivity index (χ0v) is 12.2. The average Bonchev–Trinajstić information content (AvgIpc) is 3.10. The van der Waals surface area contributed by atoms with Crippen LogP contribution in [0, 0.1) is 6.92 Å². The normalized spacial score (nSPS) is 14.0. The lowest BCUT2D eigenvalue weighted by molar-refractivity contribution is 0.0943. The number of aromatic amines is 1. The van der Waals surface area contributed by atoms with Crippen molar-refractivity contribution in [2.24, 2.45) is 0 Å². The average molecular weight is 288 g/mol. The Hall–Kier alpha value is -2.11. The third kappa shape index (κ3) is 2.99. The van der Waals surface area contributed by atoms with Crippen molar-refractivity contribution >= 4 is 5.91 Å². The molecule has 0 fully saturated rings. The van der Waals surface area contributed by atoms with Gasteiger partial charge in [-0.3, -0.25) is 9.89 Å². The second-order valence-electron chi connectivity index (χ2n) is 5.52.